The largest absolute Gasteiger partial charge is 0.489 e. The van der Waals surface area contributed by atoms with E-state index in [1.165, 1.54) is 0 Å². The van der Waals surface area contributed by atoms with Gasteiger partial charge in [0, 0.05) is 17.5 Å². The molecule has 36 heavy (non-hydrogen) atoms. The number of carboxylic acid groups (broad SMARTS) is 1. The minimum atomic E-state index is -3.66. The maximum Gasteiger partial charge on any atom is 0.307 e. The van der Waals surface area contributed by atoms with Gasteiger partial charge in [-0.3, -0.25) is 9.78 Å². The first-order chi connectivity index (χ1) is 17.3. The van der Waals surface area contributed by atoms with Crippen LogP contribution >= 0.6 is 0 Å². The Morgan fingerprint density at radius 1 is 0.917 bits per heavy atom. The second kappa shape index (κ2) is 10.7. The molecule has 0 aliphatic rings. The number of aromatic nitrogens is 1. The van der Waals surface area contributed by atoms with Crippen molar-refractivity contribution in [2.24, 2.45) is 0 Å². The van der Waals surface area contributed by atoms with Crippen LogP contribution in [0.3, 0.4) is 0 Å². The smallest absolute Gasteiger partial charge is 0.307 e. The zero-order valence-corrected chi connectivity index (χ0v) is 21.0. The summed E-state index contributed by atoms with van der Waals surface area (Å²) in [5.74, 6) is -0.530. The number of benzene rings is 3. The lowest BCUT2D eigenvalue weighted by Gasteiger charge is -2.17. The first-order valence-electron chi connectivity index (χ1n) is 11.6. The van der Waals surface area contributed by atoms with Crippen molar-refractivity contribution in [2.45, 2.75) is 31.8 Å². The van der Waals surface area contributed by atoms with Crippen LogP contribution in [0.5, 0.6) is 5.75 Å². The van der Waals surface area contributed by atoms with Crippen molar-refractivity contribution < 1.29 is 23.1 Å². The molecule has 0 amide bonds. The fourth-order valence-electron chi connectivity index (χ4n) is 3.95. The van der Waals surface area contributed by atoms with E-state index >= 15 is 0 Å². The van der Waals surface area contributed by atoms with E-state index in [2.05, 4.69) is 4.98 Å². The van der Waals surface area contributed by atoms with Crippen LogP contribution in [0.2, 0.25) is 0 Å². The van der Waals surface area contributed by atoms with E-state index in [4.69, 9.17) is 4.74 Å². The lowest BCUT2D eigenvalue weighted by Crippen LogP contribution is -2.11. The fourth-order valence-corrected chi connectivity index (χ4v) is 5.09. The van der Waals surface area contributed by atoms with Crippen molar-refractivity contribution in [3.8, 4) is 28.0 Å². The lowest BCUT2D eigenvalue weighted by molar-refractivity contribution is -0.136. The standard InChI is InChI=1S/C29H27NO5S/c1-3-36(33,34)28-17-27(23-10-9-20(2)30-18-23)26(15-24(28)16-29(31)32)22-11-13-25(14-12-22)35-19-21-7-5-4-6-8-21/h4-15,17-18H,3,16,19H2,1-2H3,(H,31,32). The number of carboxylic acids is 1. The van der Waals surface area contributed by atoms with Gasteiger partial charge >= 0.3 is 5.97 Å². The molecule has 0 atom stereocenters. The molecule has 4 rings (SSSR count). The van der Waals surface area contributed by atoms with E-state index in [1.54, 1.807) is 25.3 Å². The first kappa shape index (κ1) is 25.1. The Bertz CT molecular complexity index is 1460. The molecule has 4 aromatic rings. The Kier molecular flexibility index (Phi) is 7.50. The molecule has 0 bridgehead atoms. The number of carbonyl (C=O) groups is 1. The van der Waals surface area contributed by atoms with Crippen molar-refractivity contribution in [1.29, 1.82) is 0 Å². The molecule has 184 valence electrons. The molecule has 0 saturated heterocycles. The minimum Gasteiger partial charge on any atom is -0.489 e. The highest BCUT2D eigenvalue weighted by atomic mass is 32.2. The maximum absolute atomic E-state index is 12.9. The number of nitrogens with zero attached hydrogens (tertiary/aromatic N) is 1. The number of aliphatic carboxylic acids is 1. The minimum absolute atomic E-state index is 0.0366. The van der Waals surface area contributed by atoms with Crippen molar-refractivity contribution in [3.05, 3.63) is 102 Å². The molecule has 0 aliphatic carbocycles. The van der Waals surface area contributed by atoms with Crippen LogP contribution in [-0.2, 0) is 27.7 Å². The van der Waals surface area contributed by atoms with Crippen LogP contribution < -0.4 is 4.74 Å². The summed E-state index contributed by atoms with van der Waals surface area (Å²) in [5, 5.41) is 9.48. The monoisotopic (exact) mass is 501 g/mol. The van der Waals surface area contributed by atoms with Gasteiger partial charge in [0.05, 0.1) is 17.1 Å². The third-order valence-corrected chi connectivity index (χ3v) is 7.70. The van der Waals surface area contributed by atoms with E-state index in [1.807, 2.05) is 73.7 Å². The van der Waals surface area contributed by atoms with E-state index in [-0.39, 0.29) is 16.2 Å². The predicted octanol–water partition coefficient (Wildman–Crippen LogP) is 5.72. The maximum atomic E-state index is 12.9. The third kappa shape index (κ3) is 5.80. The molecular formula is C29H27NO5S. The molecule has 7 heteroatoms. The molecule has 1 N–H and O–H groups in total. The zero-order valence-electron chi connectivity index (χ0n) is 20.1. The van der Waals surface area contributed by atoms with Crippen LogP contribution in [0.1, 0.15) is 23.7 Å². The van der Waals surface area contributed by atoms with Crippen LogP contribution in [0.25, 0.3) is 22.3 Å². The van der Waals surface area contributed by atoms with Crippen molar-refractivity contribution in [1.82, 2.24) is 4.98 Å². The van der Waals surface area contributed by atoms with Crippen molar-refractivity contribution in [2.75, 3.05) is 5.75 Å². The Labute approximate surface area is 211 Å². The predicted molar refractivity (Wildman–Crippen MR) is 140 cm³/mol. The molecule has 0 fully saturated rings. The third-order valence-electron chi connectivity index (χ3n) is 5.89. The lowest BCUT2D eigenvalue weighted by atomic mass is 9.92. The van der Waals surface area contributed by atoms with Crippen LogP contribution in [0.4, 0.5) is 0 Å². The number of rotatable bonds is 9. The quantitative estimate of drug-likeness (QED) is 0.315. The molecule has 1 heterocycles. The van der Waals surface area contributed by atoms with Gasteiger partial charge in [-0.05, 0) is 65.1 Å². The summed E-state index contributed by atoms with van der Waals surface area (Å²) < 4.78 is 31.7. The van der Waals surface area contributed by atoms with Crippen LogP contribution in [0, 0.1) is 6.92 Å². The van der Waals surface area contributed by atoms with Gasteiger partial charge in [0.25, 0.3) is 0 Å². The number of hydrogen-bond donors (Lipinski definition) is 1. The Morgan fingerprint density at radius 3 is 2.19 bits per heavy atom. The fraction of sp³-hybridized carbons (Fsp3) is 0.172. The molecule has 3 aromatic carbocycles. The number of sulfone groups is 1. The van der Waals surface area contributed by atoms with E-state index in [0.717, 1.165) is 27.9 Å². The van der Waals surface area contributed by atoms with E-state index in [0.29, 0.717) is 17.9 Å². The normalized spacial score (nSPS) is 11.3. The molecule has 0 spiro atoms. The first-order valence-corrected chi connectivity index (χ1v) is 13.2. The highest BCUT2D eigenvalue weighted by Crippen LogP contribution is 2.37. The Morgan fingerprint density at radius 2 is 1.58 bits per heavy atom. The Hall–Kier alpha value is -3.97. The average molecular weight is 502 g/mol. The van der Waals surface area contributed by atoms with Gasteiger partial charge in [-0.25, -0.2) is 8.42 Å². The Balaban J connectivity index is 1.80. The summed E-state index contributed by atoms with van der Waals surface area (Å²) in [6, 6.07) is 24.3. The summed E-state index contributed by atoms with van der Waals surface area (Å²) in [6.45, 7) is 3.86. The molecule has 1 aromatic heterocycles. The SMILES string of the molecule is CCS(=O)(=O)c1cc(-c2ccc(C)nc2)c(-c2ccc(OCc3ccccc3)cc2)cc1CC(=O)O. The topological polar surface area (TPSA) is 93.6 Å². The van der Waals surface area contributed by atoms with Gasteiger partial charge in [-0.1, -0.05) is 55.5 Å². The van der Waals surface area contributed by atoms with Gasteiger partial charge in [-0.15, -0.1) is 0 Å². The number of pyridine rings is 1. The number of aryl methyl sites for hydroxylation is 1. The highest BCUT2D eigenvalue weighted by molar-refractivity contribution is 7.91. The summed E-state index contributed by atoms with van der Waals surface area (Å²) in [5.41, 5.74) is 5.10. The molecule has 0 radical (unpaired) electrons. The summed E-state index contributed by atoms with van der Waals surface area (Å²) >= 11 is 0. The molecule has 0 aliphatic heterocycles. The number of ether oxygens (including phenoxy) is 1. The molecular weight excluding hydrogens is 474 g/mol. The highest BCUT2D eigenvalue weighted by Gasteiger charge is 2.22. The second-order valence-electron chi connectivity index (χ2n) is 8.47. The van der Waals surface area contributed by atoms with Gasteiger partial charge in [-0.2, -0.15) is 0 Å². The number of hydrogen-bond acceptors (Lipinski definition) is 5. The zero-order chi connectivity index (χ0) is 25.7. The second-order valence-corrected chi connectivity index (χ2v) is 10.7. The summed E-state index contributed by atoms with van der Waals surface area (Å²) in [7, 11) is -3.66. The van der Waals surface area contributed by atoms with Crippen LogP contribution in [-0.4, -0.2) is 30.2 Å². The van der Waals surface area contributed by atoms with Crippen molar-refractivity contribution in [3.63, 3.8) is 0 Å². The van der Waals surface area contributed by atoms with Gasteiger partial charge in [0.1, 0.15) is 12.4 Å². The molecule has 6 nitrogen and oxygen atoms in total. The summed E-state index contributed by atoms with van der Waals surface area (Å²) in [4.78, 5) is 16.0. The van der Waals surface area contributed by atoms with Gasteiger partial charge < -0.3 is 9.84 Å². The molecule has 0 unspecified atom stereocenters. The average Bonchev–Trinajstić information content (AvgIpc) is 2.88. The molecule has 0 saturated carbocycles. The van der Waals surface area contributed by atoms with Gasteiger partial charge in [0.2, 0.25) is 0 Å². The summed E-state index contributed by atoms with van der Waals surface area (Å²) in [6.07, 6.45) is 1.30. The van der Waals surface area contributed by atoms with Gasteiger partial charge in [0.15, 0.2) is 9.84 Å². The van der Waals surface area contributed by atoms with E-state index in [9.17, 15) is 18.3 Å². The van der Waals surface area contributed by atoms with Crippen molar-refractivity contribution >= 4 is 15.8 Å². The van der Waals surface area contributed by atoms with E-state index < -0.39 is 22.2 Å². The van der Waals surface area contributed by atoms with Crippen LogP contribution in [0.15, 0.2) is 90.0 Å².